The highest BCUT2D eigenvalue weighted by molar-refractivity contribution is 6.36. The second kappa shape index (κ2) is 10.9. The van der Waals surface area contributed by atoms with Gasteiger partial charge in [-0.1, -0.05) is 62.2 Å². The molecule has 0 saturated heterocycles. The molecule has 1 aliphatic rings. The second-order valence-corrected chi connectivity index (χ2v) is 11.3. The Morgan fingerprint density at radius 1 is 1.21 bits per heavy atom. The summed E-state index contributed by atoms with van der Waals surface area (Å²) in [4.78, 5) is 4.43. The zero-order valence-electron chi connectivity index (χ0n) is 21.7. The maximum Gasteiger partial charge on any atom is 0.119 e. The summed E-state index contributed by atoms with van der Waals surface area (Å²) in [5, 5.41) is 19.7. The van der Waals surface area contributed by atoms with E-state index in [9.17, 15) is 9.65 Å². The van der Waals surface area contributed by atoms with Gasteiger partial charge in [-0.15, -0.1) is 5.53 Å². The minimum absolute atomic E-state index is 0.0331. The molecule has 0 aliphatic carbocycles. The Hall–Kier alpha value is -3.19. The van der Waals surface area contributed by atoms with E-state index in [2.05, 4.69) is 53.4 Å². The fourth-order valence-electron chi connectivity index (χ4n) is 4.09. The van der Waals surface area contributed by atoms with Crippen molar-refractivity contribution in [2.75, 3.05) is 23.9 Å². The Balaban J connectivity index is 1.85. The maximum atomic E-state index is 13.4. The molecule has 2 radical (unpaired) electrons. The molecule has 0 bridgehead atoms. The van der Waals surface area contributed by atoms with Crippen molar-refractivity contribution >= 4 is 53.3 Å². The van der Waals surface area contributed by atoms with E-state index in [0.717, 1.165) is 0 Å². The molecule has 0 saturated carbocycles. The molecule has 4 rings (SSSR count). The van der Waals surface area contributed by atoms with Crippen molar-refractivity contribution in [3.05, 3.63) is 75.7 Å². The van der Waals surface area contributed by atoms with Gasteiger partial charge in [-0.25, -0.2) is 4.39 Å². The molecule has 1 unspecified atom stereocenters. The van der Waals surface area contributed by atoms with Gasteiger partial charge in [-0.2, -0.15) is 5.26 Å². The van der Waals surface area contributed by atoms with Crippen molar-refractivity contribution in [2.24, 2.45) is 5.41 Å². The van der Waals surface area contributed by atoms with Gasteiger partial charge in [0.15, 0.2) is 0 Å². The molecule has 2 atom stereocenters. The van der Waals surface area contributed by atoms with Crippen LogP contribution in [0.25, 0.3) is 10.9 Å². The lowest BCUT2D eigenvalue weighted by Gasteiger charge is -2.35. The van der Waals surface area contributed by atoms with Gasteiger partial charge in [-0.05, 0) is 36.1 Å². The first-order valence-corrected chi connectivity index (χ1v) is 12.9. The van der Waals surface area contributed by atoms with E-state index in [0.29, 0.717) is 55.7 Å². The monoisotopic (exact) mass is 551 g/mol. The molecule has 2 aromatic carbocycles. The number of nitrogens with zero attached hydrogens (tertiary/aromatic N) is 3. The summed E-state index contributed by atoms with van der Waals surface area (Å²) < 4.78 is 13.4. The number of aromatic nitrogens is 1. The summed E-state index contributed by atoms with van der Waals surface area (Å²) in [6.07, 6.45) is 3.22. The molecule has 11 heteroatoms. The highest BCUT2D eigenvalue weighted by atomic mass is 35.5. The van der Waals surface area contributed by atoms with Crippen LogP contribution in [0, 0.1) is 16.7 Å². The van der Waals surface area contributed by atoms with Gasteiger partial charge in [0.1, 0.15) is 20.6 Å². The molecule has 0 fully saturated rings. The largest absolute Gasteiger partial charge is 0.383 e. The number of benzene rings is 2. The Morgan fingerprint density at radius 3 is 2.61 bits per heavy atom. The van der Waals surface area contributed by atoms with Crippen LogP contribution in [0.5, 0.6) is 0 Å². The molecule has 1 aliphatic heterocycles. The van der Waals surface area contributed by atoms with E-state index in [1.807, 2.05) is 24.3 Å². The molecule has 4 N–H and O–H groups in total. The molecule has 1 aromatic heterocycles. The van der Waals surface area contributed by atoms with Crippen LogP contribution in [0.2, 0.25) is 10.0 Å². The number of nitrogens with one attached hydrogen (secondary N) is 4. The van der Waals surface area contributed by atoms with E-state index >= 15 is 0 Å². The van der Waals surface area contributed by atoms with Gasteiger partial charge in [-0.3, -0.25) is 9.99 Å². The first kappa shape index (κ1) is 27.8. The number of alkyl halides is 1. The summed E-state index contributed by atoms with van der Waals surface area (Å²) >= 11 is 13.3. The summed E-state index contributed by atoms with van der Waals surface area (Å²) in [7, 11) is 7.05. The molecule has 196 valence electrons. The third-order valence-electron chi connectivity index (χ3n) is 6.19. The van der Waals surface area contributed by atoms with Crippen molar-refractivity contribution < 1.29 is 4.39 Å². The zero-order chi connectivity index (χ0) is 27.7. The van der Waals surface area contributed by atoms with Gasteiger partial charge < -0.3 is 16.1 Å². The number of hydrogen-bond donors (Lipinski definition) is 4. The van der Waals surface area contributed by atoms with Crippen LogP contribution in [0.3, 0.4) is 0 Å². The average Bonchev–Trinajstić information content (AvgIpc) is 3.37. The molecule has 3 aromatic rings. The number of hydrogen-bond acceptors (Lipinski definition) is 7. The Labute approximate surface area is 233 Å². The molecular formula is C27H29BCl2FN7. The van der Waals surface area contributed by atoms with E-state index in [4.69, 9.17) is 31.0 Å². The Morgan fingerprint density at radius 2 is 1.95 bits per heavy atom. The van der Waals surface area contributed by atoms with Crippen molar-refractivity contribution in [3.8, 4) is 6.07 Å². The Kier molecular flexibility index (Phi) is 7.98. The lowest BCUT2D eigenvalue weighted by molar-refractivity contribution is 0.178. The van der Waals surface area contributed by atoms with Crippen LogP contribution in [0.15, 0.2) is 54.5 Å². The first-order chi connectivity index (χ1) is 18.0. The number of rotatable bonds is 8. The first-order valence-electron chi connectivity index (χ1n) is 12.1. The predicted octanol–water partition coefficient (Wildman–Crippen LogP) is 5.83. The van der Waals surface area contributed by atoms with E-state index in [-0.39, 0.29) is 5.41 Å². The average molecular weight is 552 g/mol. The highest BCUT2D eigenvalue weighted by Gasteiger charge is 2.36. The number of halogens is 3. The highest BCUT2D eigenvalue weighted by Crippen LogP contribution is 2.39. The smallest absolute Gasteiger partial charge is 0.119 e. The van der Waals surface area contributed by atoms with Gasteiger partial charge in [0, 0.05) is 35.0 Å². The lowest BCUT2D eigenvalue weighted by Crippen LogP contribution is -2.47. The van der Waals surface area contributed by atoms with E-state index < -0.39 is 18.2 Å². The van der Waals surface area contributed by atoms with E-state index in [1.54, 1.807) is 30.3 Å². The third kappa shape index (κ3) is 5.63. The molecule has 0 amide bonds. The minimum Gasteiger partial charge on any atom is -0.383 e. The maximum absolute atomic E-state index is 13.4. The van der Waals surface area contributed by atoms with Crippen molar-refractivity contribution in [3.63, 3.8) is 0 Å². The predicted molar refractivity (Wildman–Crippen MR) is 154 cm³/mol. The molecular weight excluding hydrogens is 523 g/mol. The molecule has 2 heterocycles. The second-order valence-electron chi connectivity index (χ2n) is 10.5. The summed E-state index contributed by atoms with van der Waals surface area (Å²) in [6, 6.07) is 12.6. The number of nitriles is 1. The summed E-state index contributed by atoms with van der Waals surface area (Å²) in [5.41, 5.74) is 7.85. The van der Waals surface area contributed by atoms with Gasteiger partial charge >= 0.3 is 0 Å². The summed E-state index contributed by atoms with van der Waals surface area (Å²) in [6.45, 7) is 8.11. The van der Waals surface area contributed by atoms with Gasteiger partial charge in [0.25, 0.3) is 0 Å². The number of hydrazine groups is 2. The molecule has 38 heavy (non-hydrogen) atoms. The van der Waals surface area contributed by atoms with E-state index in [1.165, 1.54) is 6.20 Å². The van der Waals surface area contributed by atoms with Crippen LogP contribution < -0.4 is 21.6 Å². The zero-order valence-corrected chi connectivity index (χ0v) is 23.2. The van der Waals surface area contributed by atoms with Crippen molar-refractivity contribution in [2.45, 2.75) is 39.2 Å². The fraction of sp³-hybridized carbons (Fsp3) is 0.333. The van der Waals surface area contributed by atoms with Crippen LogP contribution in [-0.2, 0) is 5.44 Å². The lowest BCUT2D eigenvalue weighted by atomic mass is 9.69. The minimum atomic E-state index is -1.37. The van der Waals surface area contributed by atoms with Gasteiger partial charge in [0.2, 0.25) is 0 Å². The molecule has 7 nitrogen and oxygen atoms in total. The fourth-order valence-corrected chi connectivity index (χ4v) is 4.64. The van der Waals surface area contributed by atoms with Crippen LogP contribution in [0.4, 0.5) is 15.8 Å². The summed E-state index contributed by atoms with van der Waals surface area (Å²) in [5.74, 6) is 0. The SMILES string of the molecule is [B]C(Nc1cc(Cl)c2ncc(C#N)c(NCC(C)(C)C)c2c1)(C1=CN([C@@H](C)CF)NN1)c1ccccc1Cl. The standard InChI is InChI=1S/C27H29BCl2FN7/c1-16(11-31)38-14-23(36-37-38)27(28,20-7-5-6-8-21(20)29)35-18-9-19-24(34-15-26(2,3)4)17(12-32)13-33-25(19)22(30)10-18/h5-10,13-14,16,35-37H,11,15H2,1-4H3,(H,33,34)/t16-,27?/m0/s1. The van der Waals surface area contributed by atoms with Crippen molar-refractivity contribution in [1.29, 1.82) is 5.26 Å². The molecule has 0 spiro atoms. The van der Waals surface area contributed by atoms with Gasteiger partial charge in [0.05, 0.1) is 39.0 Å². The van der Waals surface area contributed by atoms with Crippen LogP contribution in [0.1, 0.15) is 38.8 Å². The number of pyridine rings is 1. The van der Waals surface area contributed by atoms with Crippen LogP contribution in [-0.4, -0.2) is 37.1 Å². The topological polar surface area (TPSA) is 88.0 Å². The number of anilines is 2. The Bertz CT molecular complexity index is 1420. The normalized spacial score (nSPS) is 15.8. The third-order valence-corrected chi connectivity index (χ3v) is 6.81. The quantitative estimate of drug-likeness (QED) is 0.262. The number of fused-ring (bicyclic) bond motifs is 1. The van der Waals surface area contributed by atoms with Crippen LogP contribution >= 0.6 is 23.2 Å². The van der Waals surface area contributed by atoms with Crippen molar-refractivity contribution in [1.82, 2.24) is 21.0 Å².